The largest absolute Gasteiger partial charge is 0.456 e. The Morgan fingerprint density at radius 1 is 0.211 bits per heavy atom. The average molecular weight is 907 g/mol. The molecule has 0 bridgehead atoms. The topological polar surface area (TPSA) is 19.6 Å². The van der Waals surface area contributed by atoms with E-state index in [1.54, 1.807) is 0 Å². The molecule has 1 heterocycles. The van der Waals surface area contributed by atoms with Crippen molar-refractivity contribution in [1.29, 1.82) is 0 Å². The Labute approximate surface area is 413 Å². The molecule has 13 rings (SSSR count). The van der Waals surface area contributed by atoms with E-state index in [-0.39, 0.29) is 0 Å². The first-order chi connectivity index (χ1) is 35.2. The molecule has 0 amide bonds. The minimum Gasteiger partial charge on any atom is -0.456 e. The normalized spacial score (nSPS) is 11.4. The van der Waals surface area contributed by atoms with Crippen molar-refractivity contribution in [3.05, 3.63) is 279 Å². The number of hydrogen-bond donors (Lipinski definition) is 0. The van der Waals surface area contributed by atoms with Crippen molar-refractivity contribution in [3.63, 3.8) is 0 Å². The molecule has 0 aliphatic carbocycles. The number of nitrogens with zero attached hydrogens (tertiary/aromatic N) is 2. The maximum Gasteiger partial charge on any atom is 0.137 e. The van der Waals surface area contributed by atoms with E-state index >= 15 is 0 Å². The minimum absolute atomic E-state index is 0.838. The number of anilines is 6. The lowest BCUT2D eigenvalue weighted by Crippen LogP contribution is -2.14. The lowest BCUT2D eigenvalue weighted by molar-refractivity contribution is 0.669. The zero-order valence-electron chi connectivity index (χ0n) is 38.9. The van der Waals surface area contributed by atoms with E-state index in [4.69, 9.17) is 4.42 Å². The maximum absolute atomic E-state index is 6.60. The summed E-state index contributed by atoms with van der Waals surface area (Å²) in [6, 6.07) is 101. The molecule has 0 saturated carbocycles. The van der Waals surface area contributed by atoms with Gasteiger partial charge in [0.15, 0.2) is 0 Å². The predicted molar refractivity (Wildman–Crippen MR) is 300 cm³/mol. The average Bonchev–Trinajstić information content (AvgIpc) is 3.82. The number of benzene rings is 12. The van der Waals surface area contributed by atoms with Crippen LogP contribution >= 0.6 is 0 Å². The van der Waals surface area contributed by atoms with E-state index in [2.05, 4.69) is 277 Å². The van der Waals surface area contributed by atoms with Gasteiger partial charge in [-0.25, -0.2) is 0 Å². The monoisotopic (exact) mass is 906 g/mol. The molecule has 0 aliphatic heterocycles. The highest BCUT2D eigenvalue weighted by atomic mass is 16.3. The second kappa shape index (κ2) is 17.9. The van der Waals surface area contributed by atoms with Gasteiger partial charge in [0.1, 0.15) is 11.2 Å². The van der Waals surface area contributed by atoms with E-state index < -0.39 is 0 Å². The van der Waals surface area contributed by atoms with Crippen LogP contribution in [-0.2, 0) is 0 Å². The Hall–Kier alpha value is -9.44. The molecule has 0 saturated heterocycles. The van der Waals surface area contributed by atoms with Crippen molar-refractivity contribution in [2.75, 3.05) is 9.80 Å². The third kappa shape index (κ3) is 7.86. The third-order valence-electron chi connectivity index (χ3n) is 13.8. The summed E-state index contributed by atoms with van der Waals surface area (Å²) in [5, 5.41) is 7.05. The Morgan fingerprint density at radius 3 is 1.14 bits per heavy atom. The number of hydrogen-bond acceptors (Lipinski definition) is 3. The van der Waals surface area contributed by atoms with Gasteiger partial charge in [0, 0.05) is 51.0 Å². The van der Waals surface area contributed by atoms with Crippen LogP contribution in [0.3, 0.4) is 0 Å². The lowest BCUT2D eigenvalue weighted by atomic mass is 9.92. The van der Waals surface area contributed by atoms with Crippen molar-refractivity contribution in [3.8, 4) is 44.5 Å². The van der Waals surface area contributed by atoms with Crippen LogP contribution in [0.15, 0.2) is 283 Å². The first-order valence-corrected chi connectivity index (χ1v) is 24.2. The zero-order chi connectivity index (χ0) is 47.1. The minimum atomic E-state index is 0.838. The smallest absolute Gasteiger partial charge is 0.137 e. The first kappa shape index (κ1) is 41.7. The van der Waals surface area contributed by atoms with Gasteiger partial charge in [-0.2, -0.15) is 0 Å². The van der Waals surface area contributed by atoms with Gasteiger partial charge in [-0.15, -0.1) is 0 Å². The van der Waals surface area contributed by atoms with Gasteiger partial charge in [-0.1, -0.05) is 194 Å². The molecule has 12 aromatic carbocycles. The van der Waals surface area contributed by atoms with Crippen molar-refractivity contribution in [1.82, 2.24) is 0 Å². The highest BCUT2D eigenvalue weighted by Crippen LogP contribution is 2.47. The van der Waals surface area contributed by atoms with Crippen molar-refractivity contribution in [2.45, 2.75) is 0 Å². The fourth-order valence-corrected chi connectivity index (χ4v) is 10.4. The quantitative estimate of drug-likeness (QED) is 0.128. The Bertz CT molecular complexity index is 3930. The maximum atomic E-state index is 6.60. The molecule has 0 fully saturated rings. The Morgan fingerprint density at radius 2 is 0.606 bits per heavy atom. The summed E-state index contributed by atoms with van der Waals surface area (Å²) in [6.45, 7) is 0. The molecule has 0 unspecified atom stereocenters. The van der Waals surface area contributed by atoms with Gasteiger partial charge in [0.25, 0.3) is 0 Å². The van der Waals surface area contributed by atoms with Gasteiger partial charge in [-0.3, -0.25) is 0 Å². The predicted octanol–water partition coefficient (Wildman–Crippen LogP) is 19.5. The van der Waals surface area contributed by atoms with E-state index in [0.29, 0.717) is 0 Å². The summed E-state index contributed by atoms with van der Waals surface area (Å²) in [5.41, 5.74) is 17.1. The summed E-state index contributed by atoms with van der Waals surface area (Å²) in [6.07, 6.45) is 0. The Balaban J connectivity index is 1.07. The van der Waals surface area contributed by atoms with Gasteiger partial charge in [-0.05, 0) is 145 Å². The van der Waals surface area contributed by atoms with Crippen LogP contribution in [0, 0.1) is 0 Å². The summed E-state index contributed by atoms with van der Waals surface area (Å²) < 4.78 is 6.60. The summed E-state index contributed by atoms with van der Waals surface area (Å²) >= 11 is 0. The second-order valence-electron chi connectivity index (χ2n) is 18.1. The van der Waals surface area contributed by atoms with E-state index in [9.17, 15) is 0 Å². The Kier molecular flexibility index (Phi) is 10.5. The molecule has 0 atom stereocenters. The number of furan rings is 1. The molecule has 0 spiro atoms. The highest BCUT2D eigenvalue weighted by Gasteiger charge is 2.22. The fraction of sp³-hybridized carbons (Fsp3) is 0. The second-order valence-corrected chi connectivity index (χ2v) is 18.1. The van der Waals surface area contributed by atoms with Crippen LogP contribution in [0.1, 0.15) is 0 Å². The molecule has 0 radical (unpaired) electrons. The summed E-state index contributed by atoms with van der Waals surface area (Å²) in [4.78, 5) is 4.78. The third-order valence-corrected chi connectivity index (χ3v) is 13.8. The van der Waals surface area contributed by atoms with E-state index in [1.165, 1.54) is 38.2 Å². The van der Waals surface area contributed by atoms with Crippen molar-refractivity contribution >= 4 is 77.6 Å². The van der Waals surface area contributed by atoms with Crippen LogP contribution in [0.4, 0.5) is 34.1 Å². The molecular formula is C68H46N2O. The molecule has 0 N–H and O–H groups in total. The van der Waals surface area contributed by atoms with Gasteiger partial charge in [0.2, 0.25) is 0 Å². The van der Waals surface area contributed by atoms with Crippen LogP contribution < -0.4 is 9.80 Å². The lowest BCUT2D eigenvalue weighted by Gasteiger charge is -2.31. The van der Waals surface area contributed by atoms with Crippen LogP contribution in [0.25, 0.3) is 88.0 Å². The van der Waals surface area contributed by atoms with Crippen LogP contribution in [0.2, 0.25) is 0 Å². The molecule has 334 valence electrons. The number of para-hydroxylation sites is 1. The van der Waals surface area contributed by atoms with Gasteiger partial charge in [0.05, 0.1) is 0 Å². The molecule has 0 aliphatic rings. The molecule has 1 aromatic heterocycles. The van der Waals surface area contributed by atoms with E-state index in [0.717, 1.165) is 83.9 Å². The standard InChI is InChI=1S/C68H46N2O/c1-4-16-47(17-5-1)50-28-34-55(35-29-50)69(56-36-30-51(31-37-56)48-18-6-2-7-19-48)59-42-54(66-44-53-22-10-11-23-61(53)62-24-12-13-25-63(62)66)43-60(45-59)70(57-38-32-52(33-39-57)49-20-8-3-9-21-49)58-40-41-65-64-26-14-15-27-67(64)71-68(65)46-58/h1-46H. The van der Waals surface area contributed by atoms with Crippen molar-refractivity contribution < 1.29 is 4.42 Å². The van der Waals surface area contributed by atoms with Crippen molar-refractivity contribution in [2.24, 2.45) is 0 Å². The molecule has 71 heavy (non-hydrogen) atoms. The molecule has 3 nitrogen and oxygen atoms in total. The van der Waals surface area contributed by atoms with Gasteiger partial charge < -0.3 is 14.2 Å². The zero-order valence-corrected chi connectivity index (χ0v) is 38.9. The van der Waals surface area contributed by atoms with Gasteiger partial charge >= 0.3 is 0 Å². The highest BCUT2D eigenvalue weighted by molar-refractivity contribution is 6.14. The molecule has 13 aromatic rings. The number of fused-ring (bicyclic) bond motifs is 6. The summed E-state index contributed by atoms with van der Waals surface area (Å²) in [7, 11) is 0. The SMILES string of the molecule is c1ccc(-c2ccc(N(c3ccc(-c4ccccc4)cc3)c3cc(-c4cc5ccccc5c5ccccc45)cc(N(c4ccc(-c5ccccc5)cc4)c4ccc5c(c4)oc4ccccc45)c3)cc2)cc1. The molecular weight excluding hydrogens is 861 g/mol. The summed E-state index contributed by atoms with van der Waals surface area (Å²) in [5.74, 6) is 0. The number of rotatable bonds is 10. The molecule has 3 heteroatoms. The van der Waals surface area contributed by atoms with E-state index in [1.807, 2.05) is 12.1 Å². The fourth-order valence-electron chi connectivity index (χ4n) is 10.4. The first-order valence-electron chi connectivity index (χ1n) is 24.2. The van der Waals surface area contributed by atoms with Crippen LogP contribution in [-0.4, -0.2) is 0 Å². The van der Waals surface area contributed by atoms with Crippen LogP contribution in [0.5, 0.6) is 0 Å².